The average Bonchev–Trinajstić information content (AvgIpc) is 2.88. The van der Waals surface area contributed by atoms with E-state index in [-0.39, 0.29) is 16.8 Å². The van der Waals surface area contributed by atoms with E-state index in [9.17, 15) is 9.59 Å². The highest BCUT2D eigenvalue weighted by molar-refractivity contribution is 5.80. The first-order valence-corrected chi connectivity index (χ1v) is 8.11. The first-order valence-electron chi connectivity index (χ1n) is 8.11. The first kappa shape index (κ1) is 14.3. The predicted molar refractivity (Wildman–Crippen MR) is 88.7 cm³/mol. The number of aryl methyl sites for hydroxylation is 1. The van der Waals surface area contributed by atoms with Crippen molar-refractivity contribution in [1.29, 1.82) is 0 Å². The molecule has 2 fully saturated rings. The molecular weight excluding hydrogens is 292 g/mol. The molecule has 2 aliphatic rings. The summed E-state index contributed by atoms with van der Waals surface area (Å²) in [6, 6.07) is 7.26. The molecular formula is C18H20N2O3. The Morgan fingerprint density at radius 2 is 2.13 bits per heavy atom. The largest absolute Gasteiger partial charge is 0.440 e. The Morgan fingerprint density at radius 1 is 1.26 bits per heavy atom. The second kappa shape index (κ2) is 5.11. The fraction of sp³-hybridized carbons (Fsp3) is 0.444. The van der Waals surface area contributed by atoms with Gasteiger partial charge in [-0.2, -0.15) is 0 Å². The van der Waals surface area contributed by atoms with Crippen molar-refractivity contribution in [1.82, 2.24) is 5.32 Å². The van der Waals surface area contributed by atoms with E-state index in [1.807, 2.05) is 25.1 Å². The number of piperidine rings is 1. The molecule has 120 valence electrons. The summed E-state index contributed by atoms with van der Waals surface area (Å²) in [6.45, 7) is 4.30. The van der Waals surface area contributed by atoms with Gasteiger partial charge < -0.3 is 14.6 Å². The third-order valence-electron chi connectivity index (χ3n) is 5.04. The van der Waals surface area contributed by atoms with Crippen LogP contribution in [0.2, 0.25) is 0 Å². The van der Waals surface area contributed by atoms with Crippen LogP contribution in [0.5, 0.6) is 0 Å². The molecule has 1 spiro atoms. The molecule has 5 heteroatoms. The first-order chi connectivity index (χ1) is 11.0. The number of nitrogens with zero attached hydrogens (tertiary/aromatic N) is 1. The van der Waals surface area contributed by atoms with Crippen molar-refractivity contribution in [3.05, 3.63) is 40.1 Å². The van der Waals surface area contributed by atoms with Gasteiger partial charge in [-0.1, -0.05) is 11.6 Å². The number of fused-ring (bicyclic) bond motifs is 1. The second-order valence-electron chi connectivity index (χ2n) is 6.93. The van der Waals surface area contributed by atoms with Crippen molar-refractivity contribution in [2.45, 2.75) is 26.2 Å². The number of carbonyl (C=O) groups excluding carboxylic acids is 1. The van der Waals surface area contributed by atoms with E-state index in [1.165, 1.54) is 0 Å². The minimum Gasteiger partial charge on any atom is -0.440 e. The number of benzene rings is 1. The van der Waals surface area contributed by atoms with Crippen LogP contribution in [0.15, 0.2) is 33.5 Å². The predicted octanol–water partition coefficient (Wildman–Crippen LogP) is 2.21. The molecule has 2 aromatic rings. The maximum absolute atomic E-state index is 12.4. The fourth-order valence-electron chi connectivity index (χ4n) is 3.85. The van der Waals surface area contributed by atoms with Gasteiger partial charge in [0.25, 0.3) is 0 Å². The van der Waals surface area contributed by atoms with Crippen LogP contribution in [0.4, 0.5) is 5.88 Å². The molecule has 0 radical (unpaired) electrons. The van der Waals surface area contributed by atoms with Crippen molar-refractivity contribution in [3.8, 4) is 0 Å². The number of nitrogens with one attached hydrogen (secondary N) is 1. The van der Waals surface area contributed by atoms with E-state index in [2.05, 4.69) is 10.2 Å². The van der Waals surface area contributed by atoms with E-state index < -0.39 is 0 Å². The summed E-state index contributed by atoms with van der Waals surface area (Å²) in [5, 5.41) is 3.56. The Labute approximate surface area is 134 Å². The normalized spacial score (nSPS) is 24.4. The number of amides is 1. The maximum Gasteiger partial charge on any atom is 0.220 e. The van der Waals surface area contributed by atoms with Crippen LogP contribution >= 0.6 is 0 Å². The van der Waals surface area contributed by atoms with E-state index in [1.54, 1.807) is 6.07 Å². The topological polar surface area (TPSA) is 62.6 Å². The summed E-state index contributed by atoms with van der Waals surface area (Å²) >= 11 is 0. The molecule has 3 heterocycles. The highest BCUT2D eigenvalue weighted by Gasteiger charge is 2.42. The lowest BCUT2D eigenvalue weighted by Gasteiger charge is -2.39. The molecule has 1 aromatic carbocycles. The Balaban J connectivity index is 1.70. The van der Waals surface area contributed by atoms with Crippen LogP contribution in [-0.4, -0.2) is 25.5 Å². The summed E-state index contributed by atoms with van der Waals surface area (Å²) in [7, 11) is 0. The number of carbonyl (C=O) groups is 1. The van der Waals surface area contributed by atoms with Crippen molar-refractivity contribution in [2.75, 3.05) is 24.5 Å². The molecule has 0 aliphatic carbocycles. The third-order valence-corrected chi connectivity index (χ3v) is 5.04. The fourth-order valence-corrected chi connectivity index (χ4v) is 3.85. The molecule has 23 heavy (non-hydrogen) atoms. The van der Waals surface area contributed by atoms with Gasteiger partial charge in [-0.05, 0) is 31.9 Å². The number of rotatable bonds is 1. The van der Waals surface area contributed by atoms with Crippen LogP contribution in [0.25, 0.3) is 11.0 Å². The summed E-state index contributed by atoms with van der Waals surface area (Å²) in [5.74, 6) is 0.743. The maximum atomic E-state index is 12.4. The van der Waals surface area contributed by atoms with Gasteiger partial charge in [-0.25, -0.2) is 0 Å². The standard InChI is InChI=1S/C18H20N2O3/c1-12-3-4-15-13(7-12)14(21)8-17(23-15)20-6-2-5-18(11-20)9-16(22)19-10-18/h3-4,7-8H,2,5-6,9-11H2,1H3,(H,19,22). The van der Waals surface area contributed by atoms with Gasteiger partial charge in [0.1, 0.15) is 5.58 Å². The molecule has 0 bridgehead atoms. The van der Waals surface area contributed by atoms with Gasteiger partial charge in [-0.3, -0.25) is 9.59 Å². The van der Waals surface area contributed by atoms with Crippen LogP contribution in [0.3, 0.4) is 0 Å². The minimum atomic E-state index is -0.0177. The Hall–Kier alpha value is -2.30. The van der Waals surface area contributed by atoms with Crippen LogP contribution < -0.4 is 15.6 Å². The second-order valence-corrected chi connectivity index (χ2v) is 6.93. The highest BCUT2D eigenvalue weighted by atomic mass is 16.4. The van der Waals surface area contributed by atoms with Crippen LogP contribution in [0, 0.1) is 12.3 Å². The Kier molecular flexibility index (Phi) is 3.18. The summed E-state index contributed by atoms with van der Waals surface area (Å²) < 4.78 is 5.99. The number of hydrogen-bond donors (Lipinski definition) is 1. The summed E-state index contributed by atoms with van der Waals surface area (Å²) in [6.07, 6.45) is 2.62. The van der Waals surface area contributed by atoms with Gasteiger partial charge in [0.15, 0.2) is 11.3 Å². The summed E-state index contributed by atoms with van der Waals surface area (Å²) in [5.41, 5.74) is 1.64. The average molecular weight is 312 g/mol. The Morgan fingerprint density at radius 3 is 2.91 bits per heavy atom. The third kappa shape index (κ3) is 2.50. The van der Waals surface area contributed by atoms with Gasteiger partial charge in [-0.15, -0.1) is 0 Å². The van der Waals surface area contributed by atoms with E-state index in [0.29, 0.717) is 23.3 Å². The number of anilines is 1. The zero-order valence-electron chi connectivity index (χ0n) is 13.2. The zero-order chi connectivity index (χ0) is 16.0. The molecule has 5 nitrogen and oxygen atoms in total. The molecule has 2 aliphatic heterocycles. The molecule has 2 saturated heterocycles. The lowest BCUT2D eigenvalue weighted by atomic mass is 9.79. The molecule has 1 aromatic heterocycles. The quantitative estimate of drug-likeness (QED) is 0.877. The van der Waals surface area contributed by atoms with E-state index >= 15 is 0 Å². The minimum absolute atomic E-state index is 0.00908. The molecule has 4 rings (SSSR count). The smallest absolute Gasteiger partial charge is 0.220 e. The lowest BCUT2D eigenvalue weighted by Crippen LogP contribution is -2.44. The van der Waals surface area contributed by atoms with E-state index in [0.717, 1.165) is 38.0 Å². The van der Waals surface area contributed by atoms with Crippen LogP contribution in [0.1, 0.15) is 24.8 Å². The monoisotopic (exact) mass is 312 g/mol. The summed E-state index contributed by atoms with van der Waals surface area (Å²) in [4.78, 5) is 26.1. The Bertz CT molecular complexity index is 842. The van der Waals surface area contributed by atoms with Gasteiger partial charge in [0, 0.05) is 37.5 Å². The van der Waals surface area contributed by atoms with Gasteiger partial charge in [0.05, 0.1) is 5.39 Å². The molecule has 0 saturated carbocycles. The SMILES string of the molecule is Cc1ccc2oc(N3CCCC4(CNC(=O)C4)C3)cc(=O)c2c1. The van der Waals surface area contributed by atoms with Crippen molar-refractivity contribution >= 4 is 22.8 Å². The van der Waals surface area contributed by atoms with Gasteiger partial charge in [0.2, 0.25) is 5.91 Å². The number of hydrogen-bond acceptors (Lipinski definition) is 4. The molecule has 1 atom stereocenters. The molecule has 1 N–H and O–H groups in total. The van der Waals surface area contributed by atoms with Crippen molar-refractivity contribution in [3.63, 3.8) is 0 Å². The van der Waals surface area contributed by atoms with Crippen molar-refractivity contribution in [2.24, 2.45) is 5.41 Å². The molecule has 1 unspecified atom stereocenters. The van der Waals surface area contributed by atoms with Crippen molar-refractivity contribution < 1.29 is 9.21 Å². The molecule has 1 amide bonds. The van der Waals surface area contributed by atoms with E-state index in [4.69, 9.17) is 4.42 Å². The lowest BCUT2D eigenvalue weighted by molar-refractivity contribution is -0.119. The zero-order valence-corrected chi connectivity index (χ0v) is 13.2. The highest BCUT2D eigenvalue weighted by Crippen LogP contribution is 2.37. The van der Waals surface area contributed by atoms with Gasteiger partial charge >= 0.3 is 0 Å². The van der Waals surface area contributed by atoms with Crippen LogP contribution in [-0.2, 0) is 4.79 Å².